The van der Waals surface area contributed by atoms with Gasteiger partial charge in [-0.25, -0.2) is 0 Å². The standard InChI is InChI=1S/C12H18Si/c1-5-11-6-8-12(9-7-11)10(2)13(3)4/h5-10,13H,1H2,2-4H3. The van der Waals surface area contributed by atoms with Crippen molar-refractivity contribution in [1.82, 2.24) is 0 Å². The molecule has 0 aliphatic rings. The highest BCUT2D eigenvalue weighted by molar-refractivity contribution is 6.57. The molecule has 0 aliphatic heterocycles. The van der Waals surface area contributed by atoms with Gasteiger partial charge in [-0.1, -0.05) is 56.9 Å². The summed E-state index contributed by atoms with van der Waals surface area (Å²) in [6.45, 7) is 10.9. The Kier molecular flexibility index (Phi) is 3.49. The summed E-state index contributed by atoms with van der Waals surface area (Å²) in [5, 5.41) is 0. The van der Waals surface area contributed by atoms with Gasteiger partial charge in [0.1, 0.15) is 0 Å². The normalized spacial score (nSPS) is 12.9. The maximum absolute atomic E-state index is 3.75. The molecule has 0 N–H and O–H groups in total. The van der Waals surface area contributed by atoms with Crippen LogP contribution in [0.15, 0.2) is 30.8 Å². The molecule has 0 spiro atoms. The Hall–Kier alpha value is -0.823. The molecule has 70 valence electrons. The fourth-order valence-electron chi connectivity index (χ4n) is 1.32. The zero-order valence-corrected chi connectivity index (χ0v) is 9.90. The summed E-state index contributed by atoms with van der Waals surface area (Å²) >= 11 is 0. The van der Waals surface area contributed by atoms with Gasteiger partial charge in [0.15, 0.2) is 0 Å². The fraction of sp³-hybridized carbons (Fsp3) is 0.333. The minimum atomic E-state index is -0.542. The third-order valence-corrected chi connectivity index (χ3v) is 5.08. The van der Waals surface area contributed by atoms with Crippen molar-refractivity contribution in [3.63, 3.8) is 0 Å². The molecule has 1 atom stereocenters. The Morgan fingerprint density at radius 3 is 2.15 bits per heavy atom. The van der Waals surface area contributed by atoms with Gasteiger partial charge in [0.2, 0.25) is 0 Å². The Balaban J connectivity index is 2.85. The molecule has 1 unspecified atom stereocenters. The number of rotatable bonds is 3. The predicted molar refractivity (Wildman–Crippen MR) is 63.8 cm³/mol. The van der Waals surface area contributed by atoms with Gasteiger partial charge in [-0.15, -0.1) is 0 Å². The highest BCUT2D eigenvalue weighted by Crippen LogP contribution is 2.18. The van der Waals surface area contributed by atoms with Crippen LogP contribution in [-0.2, 0) is 0 Å². The van der Waals surface area contributed by atoms with Crippen LogP contribution in [0.3, 0.4) is 0 Å². The van der Waals surface area contributed by atoms with Crippen molar-refractivity contribution < 1.29 is 0 Å². The zero-order chi connectivity index (χ0) is 9.84. The van der Waals surface area contributed by atoms with E-state index in [1.165, 1.54) is 11.1 Å². The second-order valence-electron chi connectivity index (χ2n) is 3.90. The van der Waals surface area contributed by atoms with E-state index in [1.54, 1.807) is 0 Å². The van der Waals surface area contributed by atoms with Gasteiger partial charge >= 0.3 is 0 Å². The molecule has 1 aromatic rings. The predicted octanol–water partition coefficient (Wildman–Crippen LogP) is 3.46. The fourth-order valence-corrected chi connectivity index (χ4v) is 2.31. The van der Waals surface area contributed by atoms with Gasteiger partial charge in [-0.05, 0) is 16.7 Å². The summed E-state index contributed by atoms with van der Waals surface area (Å²) in [6, 6.07) is 8.76. The maximum Gasteiger partial charge on any atom is 0.0384 e. The van der Waals surface area contributed by atoms with Crippen LogP contribution in [0.2, 0.25) is 13.1 Å². The minimum absolute atomic E-state index is 0.542. The molecule has 1 rings (SSSR count). The number of benzene rings is 1. The first-order chi connectivity index (χ1) is 6.15. The van der Waals surface area contributed by atoms with Crippen molar-refractivity contribution in [2.24, 2.45) is 0 Å². The van der Waals surface area contributed by atoms with E-state index >= 15 is 0 Å². The summed E-state index contributed by atoms with van der Waals surface area (Å²) in [4.78, 5) is 0. The van der Waals surface area contributed by atoms with Crippen molar-refractivity contribution in [3.05, 3.63) is 42.0 Å². The van der Waals surface area contributed by atoms with E-state index in [0.29, 0.717) is 0 Å². The molecule has 0 amide bonds. The molecule has 0 saturated carbocycles. The van der Waals surface area contributed by atoms with Crippen molar-refractivity contribution in [2.75, 3.05) is 0 Å². The Morgan fingerprint density at radius 1 is 1.23 bits per heavy atom. The SMILES string of the molecule is C=Cc1ccc(C(C)[SiH](C)C)cc1. The van der Waals surface area contributed by atoms with Crippen molar-refractivity contribution in [2.45, 2.75) is 25.6 Å². The maximum atomic E-state index is 3.75. The van der Waals surface area contributed by atoms with Crippen LogP contribution in [0.4, 0.5) is 0 Å². The average Bonchev–Trinajstić information content (AvgIpc) is 2.17. The van der Waals surface area contributed by atoms with Crippen molar-refractivity contribution >= 4 is 14.9 Å². The van der Waals surface area contributed by atoms with Gasteiger partial charge < -0.3 is 0 Å². The van der Waals surface area contributed by atoms with E-state index in [1.807, 2.05) is 6.08 Å². The largest absolute Gasteiger partial charge is 0.0985 e. The van der Waals surface area contributed by atoms with Crippen molar-refractivity contribution in [1.29, 1.82) is 0 Å². The Morgan fingerprint density at radius 2 is 1.77 bits per heavy atom. The second kappa shape index (κ2) is 4.42. The summed E-state index contributed by atoms with van der Waals surface area (Å²) in [7, 11) is -0.542. The quantitative estimate of drug-likeness (QED) is 0.640. The molecule has 1 aromatic carbocycles. The van der Waals surface area contributed by atoms with E-state index in [0.717, 1.165) is 5.54 Å². The highest BCUT2D eigenvalue weighted by Gasteiger charge is 2.09. The first-order valence-corrected chi connectivity index (χ1v) is 7.85. The molecule has 0 fully saturated rings. The molecule has 0 radical (unpaired) electrons. The van der Waals surface area contributed by atoms with Crippen LogP contribution in [-0.4, -0.2) is 8.80 Å². The lowest BCUT2D eigenvalue weighted by molar-refractivity contribution is 1.05. The first kappa shape index (κ1) is 10.3. The molecule has 0 aromatic heterocycles. The molecular weight excluding hydrogens is 172 g/mol. The Labute approximate surface area is 82.9 Å². The van der Waals surface area contributed by atoms with E-state index in [9.17, 15) is 0 Å². The van der Waals surface area contributed by atoms with E-state index < -0.39 is 8.80 Å². The molecule has 0 heterocycles. The molecule has 0 bridgehead atoms. The third kappa shape index (κ3) is 2.56. The summed E-state index contributed by atoms with van der Waals surface area (Å²) in [5.74, 6) is 0. The monoisotopic (exact) mass is 190 g/mol. The van der Waals surface area contributed by atoms with Crippen molar-refractivity contribution in [3.8, 4) is 0 Å². The van der Waals surface area contributed by atoms with Gasteiger partial charge in [-0.3, -0.25) is 0 Å². The minimum Gasteiger partial charge on any atom is -0.0985 e. The van der Waals surface area contributed by atoms with E-state index in [-0.39, 0.29) is 0 Å². The lowest BCUT2D eigenvalue weighted by atomic mass is 10.1. The van der Waals surface area contributed by atoms with Crippen LogP contribution < -0.4 is 0 Å². The summed E-state index contributed by atoms with van der Waals surface area (Å²) < 4.78 is 0. The lowest BCUT2D eigenvalue weighted by Gasteiger charge is -2.14. The Bertz CT molecular complexity index is 272. The van der Waals surface area contributed by atoms with Crippen LogP contribution in [0, 0.1) is 0 Å². The van der Waals surface area contributed by atoms with Gasteiger partial charge in [-0.2, -0.15) is 0 Å². The van der Waals surface area contributed by atoms with Gasteiger partial charge in [0.25, 0.3) is 0 Å². The highest BCUT2D eigenvalue weighted by atomic mass is 28.3. The zero-order valence-electron chi connectivity index (χ0n) is 8.75. The topological polar surface area (TPSA) is 0 Å². The summed E-state index contributed by atoms with van der Waals surface area (Å²) in [6.07, 6.45) is 1.89. The first-order valence-electron chi connectivity index (χ1n) is 4.87. The molecule has 13 heavy (non-hydrogen) atoms. The molecule has 0 saturated heterocycles. The third-order valence-electron chi connectivity index (χ3n) is 2.70. The molecule has 0 aliphatic carbocycles. The van der Waals surface area contributed by atoms with Crippen LogP contribution >= 0.6 is 0 Å². The molecular formula is C12H18Si. The van der Waals surface area contributed by atoms with Gasteiger partial charge in [0.05, 0.1) is 0 Å². The number of hydrogen-bond acceptors (Lipinski definition) is 0. The second-order valence-corrected chi connectivity index (χ2v) is 7.39. The summed E-state index contributed by atoms with van der Waals surface area (Å²) in [5.41, 5.74) is 3.47. The lowest BCUT2D eigenvalue weighted by Crippen LogP contribution is -2.12. The molecule has 1 heteroatoms. The number of hydrogen-bond donors (Lipinski definition) is 0. The molecule has 0 nitrogen and oxygen atoms in total. The van der Waals surface area contributed by atoms with Crippen LogP contribution in [0.5, 0.6) is 0 Å². The van der Waals surface area contributed by atoms with Crippen LogP contribution in [0.1, 0.15) is 23.6 Å². The average molecular weight is 190 g/mol. The van der Waals surface area contributed by atoms with E-state index in [2.05, 4.69) is 50.9 Å². The smallest absolute Gasteiger partial charge is 0.0384 e. The van der Waals surface area contributed by atoms with Crippen LogP contribution in [0.25, 0.3) is 6.08 Å². The van der Waals surface area contributed by atoms with E-state index in [4.69, 9.17) is 0 Å². The van der Waals surface area contributed by atoms with Gasteiger partial charge in [0, 0.05) is 8.80 Å².